The van der Waals surface area contributed by atoms with E-state index < -0.39 is 76.8 Å². The average Bonchev–Trinajstić information content (AvgIpc) is 2.89. The van der Waals surface area contributed by atoms with E-state index in [-0.39, 0.29) is 6.42 Å². The number of halogens is 5. The zero-order valence-corrected chi connectivity index (χ0v) is 24.4. The van der Waals surface area contributed by atoms with E-state index in [0.29, 0.717) is 6.42 Å². The van der Waals surface area contributed by atoms with Gasteiger partial charge in [-0.3, -0.25) is 15.3 Å². The van der Waals surface area contributed by atoms with Crippen molar-refractivity contribution in [2.45, 2.75) is 129 Å². The number of benzene rings is 1. The van der Waals surface area contributed by atoms with Crippen molar-refractivity contribution in [3.05, 3.63) is 29.1 Å². The van der Waals surface area contributed by atoms with E-state index in [0.717, 1.165) is 25.7 Å². The Kier molecular flexibility index (Phi) is 15.3. The highest BCUT2D eigenvalue weighted by atomic mass is 19.2. The van der Waals surface area contributed by atoms with Crippen LogP contribution in [0.5, 0.6) is 5.75 Å². The van der Waals surface area contributed by atoms with Crippen LogP contribution in [0.2, 0.25) is 0 Å². The Morgan fingerprint density at radius 2 is 1.15 bits per heavy atom. The van der Waals surface area contributed by atoms with E-state index in [2.05, 4.69) is 17.0 Å². The minimum absolute atomic E-state index is 0.0494. The summed E-state index contributed by atoms with van der Waals surface area (Å²) in [6, 6.07) is 0. The number of nitrogens with one attached hydrogen (secondary N) is 1. The quantitative estimate of drug-likeness (QED) is 0.0365. The lowest BCUT2D eigenvalue weighted by molar-refractivity contribution is -0.165. The normalized spacial score (nSPS) is 13.0. The first-order valence-corrected chi connectivity index (χ1v) is 14.2. The number of rotatable bonds is 18. The molecule has 0 fully saturated rings. The minimum atomic E-state index is -2.41. The molecule has 0 spiro atoms. The first-order valence-electron chi connectivity index (χ1n) is 14.2. The number of hydrogen-bond acceptors (Lipinski definition) is 6. The zero-order valence-electron chi connectivity index (χ0n) is 24.4. The van der Waals surface area contributed by atoms with Gasteiger partial charge in [0.15, 0.2) is 5.66 Å². The molecule has 1 rings (SSSR count). The van der Waals surface area contributed by atoms with Crippen LogP contribution >= 0.6 is 0 Å². The lowest BCUT2D eigenvalue weighted by atomic mass is 10.0. The third-order valence-electron chi connectivity index (χ3n) is 6.24. The molecule has 0 heterocycles. The van der Waals surface area contributed by atoms with E-state index in [4.69, 9.17) is 10.5 Å². The van der Waals surface area contributed by atoms with Crippen LogP contribution in [0.3, 0.4) is 0 Å². The maximum absolute atomic E-state index is 13.9. The summed E-state index contributed by atoms with van der Waals surface area (Å²) >= 11 is 0. The molecule has 0 radical (unpaired) electrons. The van der Waals surface area contributed by atoms with E-state index in [9.17, 15) is 36.3 Å². The standard InChI is InChI=1S/C29H43F5N2O5/c1-5-6-7-8-9-10-11-12-13-14-15-16-19(37)36-29(35,27(39)41-28(2,3)4)18-17-20(38)40-26-24(33)22(31)21(30)23(32)25(26)34/h5-18,35H2,1-4H3,(H,36,37). The van der Waals surface area contributed by atoms with E-state index >= 15 is 0 Å². The molecule has 0 bridgehead atoms. The van der Waals surface area contributed by atoms with E-state index in [1.165, 1.54) is 38.5 Å². The summed E-state index contributed by atoms with van der Waals surface area (Å²) in [6.45, 7) is 6.83. The maximum atomic E-state index is 13.9. The molecule has 1 amide bonds. The van der Waals surface area contributed by atoms with Crippen molar-refractivity contribution in [3.8, 4) is 5.75 Å². The first kappa shape index (κ1) is 36.3. The predicted octanol–water partition coefficient (Wildman–Crippen LogP) is 6.88. The number of carbonyl (C=O) groups excluding carboxylic acids is 3. The first-order chi connectivity index (χ1) is 19.1. The van der Waals surface area contributed by atoms with Gasteiger partial charge >= 0.3 is 11.9 Å². The van der Waals surface area contributed by atoms with Gasteiger partial charge in [-0.05, 0) is 27.2 Å². The summed E-state index contributed by atoms with van der Waals surface area (Å²) in [5.74, 6) is -16.6. The number of hydrogen-bond donors (Lipinski definition) is 2. The van der Waals surface area contributed by atoms with E-state index in [1.54, 1.807) is 20.8 Å². The number of ether oxygens (including phenoxy) is 2. The van der Waals surface area contributed by atoms with Crippen molar-refractivity contribution in [1.29, 1.82) is 0 Å². The van der Waals surface area contributed by atoms with Gasteiger partial charge in [0.05, 0.1) is 6.42 Å². The summed E-state index contributed by atoms with van der Waals surface area (Å²) in [4.78, 5) is 37.6. The zero-order chi connectivity index (χ0) is 31.2. The lowest BCUT2D eigenvalue weighted by Crippen LogP contribution is -2.63. The van der Waals surface area contributed by atoms with Gasteiger partial charge in [-0.15, -0.1) is 0 Å². The van der Waals surface area contributed by atoms with Crippen LogP contribution in [0.1, 0.15) is 118 Å². The van der Waals surface area contributed by atoms with Crippen LogP contribution in [-0.2, 0) is 19.1 Å². The third-order valence-corrected chi connectivity index (χ3v) is 6.24. The molecule has 0 aliphatic heterocycles. The average molecular weight is 595 g/mol. The Labute approximate surface area is 238 Å². The molecule has 3 N–H and O–H groups in total. The van der Waals surface area contributed by atoms with Crippen molar-refractivity contribution in [1.82, 2.24) is 5.32 Å². The molecule has 0 aromatic heterocycles. The summed E-state index contributed by atoms with van der Waals surface area (Å²) in [7, 11) is 0. The van der Waals surface area contributed by atoms with Crippen LogP contribution in [0.4, 0.5) is 22.0 Å². The van der Waals surface area contributed by atoms with Crippen molar-refractivity contribution in [2.24, 2.45) is 5.73 Å². The Morgan fingerprint density at radius 1 is 0.707 bits per heavy atom. The molecular weight excluding hydrogens is 551 g/mol. The molecule has 41 heavy (non-hydrogen) atoms. The van der Waals surface area contributed by atoms with Crippen LogP contribution in [0, 0.1) is 29.1 Å². The molecule has 0 aliphatic carbocycles. The van der Waals surface area contributed by atoms with Crippen LogP contribution in [0.25, 0.3) is 0 Å². The highest BCUT2D eigenvalue weighted by Crippen LogP contribution is 2.29. The predicted molar refractivity (Wildman–Crippen MR) is 143 cm³/mol. The molecule has 1 atom stereocenters. The second kappa shape index (κ2) is 17.3. The number of nitrogens with two attached hydrogens (primary N) is 1. The second-order valence-corrected chi connectivity index (χ2v) is 11.2. The van der Waals surface area contributed by atoms with Gasteiger partial charge in [0, 0.05) is 12.8 Å². The van der Waals surface area contributed by atoms with Gasteiger partial charge in [0.2, 0.25) is 40.7 Å². The molecule has 1 aromatic rings. The second-order valence-electron chi connectivity index (χ2n) is 11.2. The van der Waals surface area contributed by atoms with Crippen LogP contribution in [-0.4, -0.2) is 29.1 Å². The fourth-order valence-corrected chi connectivity index (χ4v) is 3.98. The van der Waals surface area contributed by atoms with Crippen LogP contribution in [0.15, 0.2) is 0 Å². The molecule has 1 unspecified atom stereocenters. The van der Waals surface area contributed by atoms with Gasteiger partial charge in [-0.1, -0.05) is 71.1 Å². The SMILES string of the molecule is CCCCCCCCCCCCCC(=O)NC(N)(CCC(=O)Oc1c(F)c(F)c(F)c(F)c1F)C(=O)OC(C)(C)C. The van der Waals surface area contributed by atoms with Gasteiger partial charge in [-0.2, -0.15) is 8.78 Å². The molecule has 1 aromatic carbocycles. The largest absolute Gasteiger partial charge is 0.457 e. The Bertz CT molecular complexity index is 1000. The number of carbonyl (C=O) groups is 3. The van der Waals surface area contributed by atoms with Crippen molar-refractivity contribution < 1.29 is 45.8 Å². The summed E-state index contributed by atoms with van der Waals surface area (Å²) in [5, 5.41) is 2.36. The van der Waals surface area contributed by atoms with E-state index in [1.807, 2.05) is 0 Å². The Morgan fingerprint density at radius 3 is 1.61 bits per heavy atom. The monoisotopic (exact) mass is 594 g/mol. The Hall–Kier alpha value is -2.76. The summed E-state index contributed by atoms with van der Waals surface area (Å²) in [6.07, 6.45) is 10.5. The van der Waals surface area contributed by atoms with Gasteiger partial charge < -0.3 is 14.8 Å². The molecule has 0 saturated carbocycles. The number of unbranched alkanes of at least 4 members (excludes halogenated alkanes) is 10. The molecule has 12 heteroatoms. The van der Waals surface area contributed by atoms with Gasteiger partial charge in [-0.25, -0.2) is 18.0 Å². The molecule has 234 valence electrons. The molecular formula is C29H43F5N2O5. The highest BCUT2D eigenvalue weighted by Gasteiger charge is 2.40. The summed E-state index contributed by atoms with van der Waals surface area (Å²) in [5.41, 5.74) is 2.88. The third kappa shape index (κ3) is 12.7. The molecule has 0 saturated heterocycles. The lowest BCUT2D eigenvalue weighted by Gasteiger charge is -2.31. The maximum Gasteiger partial charge on any atom is 0.347 e. The van der Waals surface area contributed by atoms with Gasteiger partial charge in [0.25, 0.3) is 0 Å². The topological polar surface area (TPSA) is 108 Å². The summed E-state index contributed by atoms with van der Waals surface area (Å²) < 4.78 is 77.4. The highest BCUT2D eigenvalue weighted by molar-refractivity contribution is 5.88. The molecule has 7 nitrogen and oxygen atoms in total. The number of amides is 1. The van der Waals surface area contributed by atoms with Gasteiger partial charge in [0.1, 0.15) is 5.60 Å². The van der Waals surface area contributed by atoms with Crippen LogP contribution < -0.4 is 15.8 Å². The number of esters is 2. The van der Waals surface area contributed by atoms with Crippen molar-refractivity contribution >= 4 is 17.8 Å². The fraction of sp³-hybridized carbons (Fsp3) is 0.690. The fourth-order valence-electron chi connectivity index (χ4n) is 3.98. The van der Waals surface area contributed by atoms with Crippen molar-refractivity contribution in [2.75, 3.05) is 0 Å². The minimum Gasteiger partial charge on any atom is -0.457 e. The van der Waals surface area contributed by atoms with Crippen molar-refractivity contribution in [3.63, 3.8) is 0 Å². The Balaban J connectivity index is 2.69. The smallest absolute Gasteiger partial charge is 0.347 e. The molecule has 0 aliphatic rings.